The lowest BCUT2D eigenvalue weighted by molar-refractivity contribution is -0.278. The highest BCUT2D eigenvalue weighted by atomic mass is 35.5. The maximum Gasteiger partial charge on any atom is 0.450 e. The molecule has 0 aliphatic carbocycles. The Morgan fingerprint density at radius 3 is 1.43 bits per heavy atom. The van der Waals surface area contributed by atoms with E-state index in [1.165, 1.54) is 54.6 Å². The molecule has 0 bridgehead atoms. The van der Waals surface area contributed by atoms with Crippen molar-refractivity contribution < 1.29 is 99.3 Å². The van der Waals surface area contributed by atoms with E-state index in [1.807, 2.05) is 10.9 Å². The van der Waals surface area contributed by atoms with Crippen molar-refractivity contribution >= 4 is 87.7 Å². The number of anilines is 1. The maximum absolute atomic E-state index is 13.7. The number of carbonyl (C=O) groups excluding carboxylic acids is 5. The normalized spacial score (nSPS) is 14.1. The standard InChI is InChI=1S/C18H12ClF6N3O2.C10H8ClF3N2O.C8H4F3NO.C7H7ClN2O.C5H5F3O2/c1-16(18(23,24)25)28(27-14(30-16)10-2-6-12(19)7-3-10)15(29)26-13-8-4-11(5-9-13)17(20,21)22;1-6(10(12,13)14)15-16-9(17)7-2-4-8(11)5-3-7;9-8(10,11)6-1-3-7(4-2-6)12-5-13;8-6-3-1-5(2-4-6)7(11)10-9;1-3(5(6,7)8)10-4(2)9/h2-9H,1H3,(H,26,29);2-5H,1H3,(H,16,17);1-4H;1-4H,9H2,(H,10,11);1H2,2H3/b;15-6-;;;. The van der Waals surface area contributed by atoms with Gasteiger partial charge in [0.25, 0.3) is 11.8 Å². The number of hydrogen-bond acceptors (Lipinski definition) is 11. The summed E-state index contributed by atoms with van der Waals surface area (Å²) in [4.78, 5) is 57.5. The molecule has 1 unspecified atom stereocenters. The summed E-state index contributed by atoms with van der Waals surface area (Å²) in [5, 5.41) is 10.1. The van der Waals surface area contributed by atoms with Crippen LogP contribution in [0.2, 0.25) is 15.1 Å². The molecule has 5 N–H and O–H groups in total. The third-order valence-electron chi connectivity index (χ3n) is 9.20. The number of nitrogens with one attached hydrogen (secondary N) is 3. The van der Waals surface area contributed by atoms with Gasteiger partial charge in [-0.05, 0) is 128 Å². The second-order valence-electron chi connectivity index (χ2n) is 15.2. The van der Waals surface area contributed by atoms with Crippen LogP contribution in [0.15, 0.2) is 149 Å². The lowest BCUT2D eigenvalue weighted by Crippen LogP contribution is -2.56. The second kappa shape index (κ2) is 29.3. The van der Waals surface area contributed by atoms with E-state index in [9.17, 15) is 89.8 Å². The first-order valence-corrected chi connectivity index (χ1v) is 22.4. The predicted molar refractivity (Wildman–Crippen MR) is 263 cm³/mol. The lowest BCUT2D eigenvalue weighted by Gasteiger charge is -2.32. The number of esters is 1. The van der Waals surface area contributed by atoms with E-state index in [-0.39, 0.29) is 33.4 Å². The molecule has 5 aromatic rings. The van der Waals surface area contributed by atoms with Gasteiger partial charge in [0, 0.05) is 51.3 Å². The maximum atomic E-state index is 13.7. The van der Waals surface area contributed by atoms with E-state index in [1.54, 1.807) is 24.3 Å². The smallest absolute Gasteiger partial charge is 0.438 e. The number of hydrazine groups is 1. The highest BCUT2D eigenvalue weighted by Gasteiger charge is 2.63. The number of urea groups is 1. The van der Waals surface area contributed by atoms with Crippen LogP contribution >= 0.6 is 34.8 Å². The molecule has 0 saturated carbocycles. The number of carbonyl (C=O) groups is 4. The van der Waals surface area contributed by atoms with Gasteiger partial charge in [0.1, 0.15) is 5.71 Å². The van der Waals surface area contributed by atoms with Crippen LogP contribution in [-0.2, 0) is 31.4 Å². The Labute approximate surface area is 461 Å². The van der Waals surface area contributed by atoms with Crippen LogP contribution in [0.25, 0.3) is 0 Å². The fraction of sp³-hybridized carbons (Fsp3) is 0.188. The Bertz CT molecular complexity index is 3060. The number of nitrogens with zero attached hydrogens (tertiary/aromatic N) is 4. The van der Waals surface area contributed by atoms with Crippen molar-refractivity contribution in [3.63, 3.8) is 0 Å². The number of rotatable bonds is 7. The molecule has 1 atom stereocenters. The molecule has 0 saturated heterocycles. The fourth-order valence-corrected chi connectivity index (χ4v) is 5.42. The van der Waals surface area contributed by atoms with Gasteiger partial charge >= 0.3 is 48.6 Å². The molecule has 81 heavy (non-hydrogen) atoms. The van der Waals surface area contributed by atoms with E-state index < -0.39 is 83.0 Å². The van der Waals surface area contributed by atoms with Crippen molar-refractivity contribution in [2.75, 3.05) is 5.32 Å². The van der Waals surface area contributed by atoms with Crippen LogP contribution < -0.4 is 22.0 Å². The Kier molecular flexibility index (Phi) is 25.0. The number of allylic oxidation sites excluding steroid dienone is 1. The number of alkyl halides is 15. The fourth-order valence-electron chi connectivity index (χ4n) is 5.04. The molecule has 15 nitrogen and oxygen atoms in total. The minimum atomic E-state index is -5.04. The zero-order valence-electron chi connectivity index (χ0n) is 40.8. The van der Waals surface area contributed by atoms with Crippen molar-refractivity contribution in [1.29, 1.82) is 0 Å². The number of halogens is 18. The van der Waals surface area contributed by atoms with Gasteiger partial charge in [-0.25, -0.2) is 20.9 Å². The highest BCUT2D eigenvalue weighted by molar-refractivity contribution is 6.31. The Morgan fingerprint density at radius 1 is 0.654 bits per heavy atom. The summed E-state index contributed by atoms with van der Waals surface area (Å²) >= 11 is 16.9. The minimum absolute atomic E-state index is 0.0502. The lowest BCUT2D eigenvalue weighted by atomic mass is 10.2. The second-order valence-corrected chi connectivity index (χ2v) is 16.5. The van der Waals surface area contributed by atoms with Crippen LogP contribution in [-0.4, -0.2) is 70.8 Å². The van der Waals surface area contributed by atoms with Crippen molar-refractivity contribution in [3.8, 4) is 0 Å². The summed E-state index contributed by atoms with van der Waals surface area (Å²) in [6, 6.07) is 23.4. The van der Waals surface area contributed by atoms with Crippen molar-refractivity contribution in [3.05, 3.63) is 177 Å². The van der Waals surface area contributed by atoms with E-state index in [4.69, 9.17) is 45.4 Å². The molecule has 4 amide bonds. The zero-order valence-corrected chi connectivity index (χ0v) is 43.0. The van der Waals surface area contributed by atoms with Crippen molar-refractivity contribution in [2.24, 2.45) is 21.0 Å². The van der Waals surface area contributed by atoms with Crippen LogP contribution in [0, 0.1) is 0 Å². The van der Waals surface area contributed by atoms with E-state index >= 15 is 0 Å². The van der Waals surface area contributed by atoms with Crippen LogP contribution in [0.4, 0.5) is 82.0 Å². The molecule has 33 heteroatoms. The largest absolute Gasteiger partial charge is 0.450 e. The van der Waals surface area contributed by atoms with E-state index in [0.29, 0.717) is 39.7 Å². The summed E-state index contributed by atoms with van der Waals surface area (Å²) < 4.78 is 194. The molecular weight excluding hydrogens is 1190 g/mol. The molecule has 6 rings (SSSR count). The average Bonchev–Trinajstić information content (AvgIpc) is 3.75. The summed E-state index contributed by atoms with van der Waals surface area (Å²) in [7, 11) is 0. The Morgan fingerprint density at radius 2 is 1.07 bits per heavy atom. The number of amides is 4. The number of isocyanates is 1. The SMILES string of the molecule is C/C(=N/NC(=O)c1ccc(Cl)cc1)C(F)(F)F.C=C(OC(C)=O)C(F)(F)F.CC1(C(F)(F)F)OC(c2ccc(Cl)cc2)=NN1C(=O)Nc1ccc(C(F)(F)F)cc1.NNC(=O)c1ccc(Cl)cc1.O=C=Nc1ccc(C(F)(F)F)cc1. The molecule has 0 radical (unpaired) electrons. The van der Waals surface area contributed by atoms with E-state index in [2.05, 4.69) is 31.8 Å². The summed E-state index contributed by atoms with van der Waals surface area (Å²) in [5.74, 6) is 0.871. The molecule has 1 aliphatic heterocycles. The Balaban J connectivity index is 0.000000374. The first-order chi connectivity index (χ1) is 37.2. The summed E-state index contributed by atoms with van der Waals surface area (Å²) in [6.07, 6.45) is -22.0. The molecule has 1 aliphatic rings. The Hall–Kier alpha value is -8.18. The van der Waals surface area contributed by atoms with Gasteiger partial charge in [0.05, 0.1) is 16.8 Å². The zero-order chi connectivity index (χ0) is 61.9. The van der Waals surface area contributed by atoms with Gasteiger partial charge in [-0.1, -0.05) is 41.4 Å². The first-order valence-electron chi connectivity index (χ1n) is 21.3. The number of ether oxygens (including phenoxy) is 2. The van der Waals surface area contributed by atoms with Gasteiger partial charge in [0.2, 0.25) is 17.7 Å². The van der Waals surface area contributed by atoms with Crippen LogP contribution in [0.1, 0.15) is 58.2 Å². The monoisotopic (exact) mass is 1230 g/mol. The number of hydrogen-bond donors (Lipinski definition) is 4. The van der Waals surface area contributed by atoms with Gasteiger partial charge in [-0.15, -0.1) is 5.10 Å². The summed E-state index contributed by atoms with van der Waals surface area (Å²) in [5.41, 5.74) is -1.38. The first kappa shape index (κ1) is 68.9. The number of nitrogen functional groups attached to an aromatic ring is 1. The van der Waals surface area contributed by atoms with Gasteiger partial charge in [0.15, 0.2) is 0 Å². The van der Waals surface area contributed by atoms with Gasteiger partial charge in [-0.3, -0.25) is 19.8 Å². The van der Waals surface area contributed by atoms with Gasteiger partial charge < -0.3 is 14.8 Å². The molecular formula is C48H36Cl3F15N8O7. The number of aliphatic imine (C=N–C) groups is 1. The molecule has 0 aromatic heterocycles. The van der Waals surface area contributed by atoms with Crippen LogP contribution in [0.5, 0.6) is 0 Å². The van der Waals surface area contributed by atoms with Crippen molar-refractivity contribution in [2.45, 2.75) is 57.4 Å². The molecule has 5 aromatic carbocycles. The predicted octanol–water partition coefficient (Wildman–Crippen LogP) is 14.1. The van der Waals surface area contributed by atoms with Crippen molar-refractivity contribution in [1.82, 2.24) is 15.9 Å². The molecule has 436 valence electrons. The number of hydrazone groups is 2. The number of benzene rings is 5. The molecule has 1 heterocycles. The topological polar surface area (TPSA) is 206 Å². The van der Waals surface area contributed by atoms with Crippen LogP contribution in [0.3, 0.4) is 0 Å². The number of nitrogens with two attached hydrogens (primary N) is 1. The van der Waals surface area contributed by atoms with E-state index in [0.717, 1.165) is 50.2 Å². The average molecular weight is 1230 g/mol. The highest BCUT2D eigenvalue weighted by Crippen LogP contribution is 2.42. The third-order valence-corrected chi connectivity index (χ3v) is 9.95. The third kappa shape index (κ3) is 22.8. The summed E-state index contributed by atoms with van der Waals surface area (Å²) in [6.45, 7) is 4.74. The molecule has 0 fully saturated rings. The van der Waals surface area contributed by atoms with Gasteiger partial charge in [-0.2, -0.15) is 81.0 Å². The molecule has 0 spiro atoms. The quantitative estimate of drug-likeness (QED) is 0.0180. The minimum Gasteiger partial charge on any atom is -0.438 e.